The maximum atomic E-state index is 5.78. The van der Waals surface area contributed by atoms with Crippen LogP contribution in [0.3, 0.4) is 0 Å². The topological polar surface area (TPSA) is 46.6 Å². The predicted octanol–water partition coefficient (Wildman–Crippen LogP) is 2.66. The molecule has 0 bridgehead atoms. The van der Waals surface area contributed by atoms with Crippen LogP contribution in [-0.2, 0) is 6.54 Å². The fourth-order valence-electron chi connectivity index (χ4n) is 4.05. The maximum absolute atomic E-state index is 5.78. The second-order valence-electron chi connectivity index (χ2n) is 7.31. The first-order valence-corrected chi connectivity index (χ1v) is 8.23. The molecule has 2 saturated carbocycles. The van der Waals surface area contributed by atoms with Gasteiger partial charge in [0.2, 0.25) is 0 Å². The lowest BCUT2D eigenvalue weighted by Gasteiger charge is -2.57. The lowest BCUT2D eigenvalue weighted by molar-refractivity contribution is 0.0906. The van der Waals surface area contributed by atoms with E-state index >= 15 is 0 Å². The fourth-order valence-corrected chi connectivity index (χ4v) is 4.05. The average molecular weight is 282 g/mol. The zero-order valence-electron chi connectivity index (χ0n) is 12.4. The summed E-state index contributed by atoms with van der Waals surface area (Å²) in [7, 11) is 0. The van der Waals surface area contributed by atoms with E-state index in [0.717, 1.165) is 17.3 Å². The van der Waals surface area contributed by atoms with Crippen molar-refractivity contribution < 1.29 is 0 Å². The fraction of sp³-hybridized carbons (Fsp3) is 0.588. The summed E-state index contributed by atoms with van der Waals surface area (Å²) in [4.78, 5) is 7.28. The number of rotatable bonds is 3. The first-order valence-electron chi connectivity index (χ1n) is 8.23. The van der Waals surface area contributed by atoms with Gasteiger partial charge in [0, 0.05) is 37.4 Å². The molecule has 21 heavy (non-hydrogen) atoms. The highest BCUT2D eigenvalue weighted by Gasteiger charge is 2.47. The van der Waals surface area contributed by atoms with Crippen LogP contribution in [0.15, 0.2) is 18.5 Å². The van der Waals surface area contributed by atoms with Crippen LogP contribution >= 0.6 is 0 Å². The van der Waals surface area contributed by atoms with Gasteiger partial charge >= 0.3 is 0 Å². The maximum Gasteiger partial charge on any atom is 0.160 e. The second-order valence-corrected chi connectivity index (χ2v) is 7.31. The highest BCUT2D eigenvalue weighted by molar-refractivity contribution is 5.72. The second kappa shape index (κ2) is 4.01. The number of hydrogen-bond acceptors (Lipinski definition) is 3. The van der Waals surface area contributed by atoms with Gasteiger partial charge in [-0.2, -0.15) is 0 Å². The minimum atomic E-state index is 0.518. The van der Waals surface area contributed by atoms with Crippen LogP contribution in [0.4, 0.5) is 5.69 Å². The van der Waals surface area contributed by atoms with Crippen molar-refractivity contribution in [1.82, 2.24) is 9.38 Å². The molecule has 4 nitrogen and oxygen atoms in total. The van der Waals surface area contributed by atoms with Crippen molar-refractivity contribution in [1.29, 1.82) is 0 Å². The van der Waals surface area contributed by atoms with E-state index in [4.69, 9.17) is 10.7 Å². The van der Waals surface area contributed by atoms with Crippen molar-refractivity contribution in [2.24, 2.45) is 11.1 Å². The van der Waals surface area contributed by atoms with Crippen LogP contribution in [-0.4, -0.2) is 22.5 Å². The van der Waals surface area contributed by atoms with Crippen molar-refractivity contribution in [3.8, 4) is 0 Å². The molecule has 5 rings (SSSR count). The Balaban J connectivity index is 1.57. The molecule has 0 amide bonds. The Morgan fingerprint density at radius 2 is 2.05 bits per heavy atom. The number of nitrogens with two attached hydrogens (primary N) is 1. The molecule has 4 heteroatoms. The van der Waals surface area contributed by atoms with E-state index in [1.807, 2.05) is 0 Å². The summed E-state index contributed by atoms with van der Waals surface area (Å²) >= 11 is 0. The third-order valence-corrected chi connectivity index (χ3v) is 5.67. The molecule has 1 aliphatic heterocycles. The lowest BCUT2D eigenvalue weighted by atomic mass is 9.63. The van der Waals surface area contributed by atoms with Crippen molar-refractivity contribution >= 4 is 11.3 Å². The number of pyridine rings is 1. The van der Waals surface area contributed by atoms with Crippen LogP contribution in [0.1, 0.15) is 49.3 Å². The minimum absolute atomic E-state index is 0.518. The quantitative estimate of drug-likeness (QED) is 0.941. The standard InChI is InChI=1S/C17H22N4/c18-7-14-9-20-8-13(12-2-3-12)6-15(16(20)19-14)21-10-17(11-21)4-1-5-17/h6,8-9,12H,1-5,7,10-11,18H2. The Morgan fingerprint density at radius 3 is 2.67 bits per heavy atom. The zero-order chi connectivity index (χ0) is 14.0. The van der Waals surface area contributed by atoms with Crippen LogP contribution in [0, 0.1) is 5.41 Å². The molecule has 2 N–H and O–H groups in total. The smallest absolute Gasteiger partial charge is 0.160 e. The van der Waals surface area contributed by atoms with Crippen molar-refractivity contribution in [3.05, 3.63) is 29.7 Å². The molecule has 3 fully saturated rings. The van der Waals surface area contributed by atoms with Crippen molar-refractivity contribution in [3.63, 3.8) is 0 Å². The Kier molecular flexibility index (Phi) is 2.30. The summed E-state index contributed by atoms with van der Waals surface area (Å²) in [6.07, 6.45) is 11.3. The van der Waals surface area contributed by atoms with E-state index in [9.17, 15) is 0 Å². The number of anilines is 1. The summed E-state index contributed by atoms with van der Waals surface area (Å²) in [5.41, 5.74) is 11.3. The Hall–Kier alpha value is -1.55. The molecular formula is C17H22N4. The summed E-state index contributed by atoms with van der Waals surface area (Å²) in [5, 5.41) is 0. The summed E-state index contributed by atoms with van der Waals surface area (Å²) in [6.45, 7) is 2.97. The SMILES string of the molecule is NCc1cn2cc(C3CC3)cc(N3CC4(CCC4)C3)c2n1. The summed E-state index contributed by atoms with van der Waals surface area (Å²) in [6, 6.07) is 2.39. The third-order valence-electron chi connectivity index (χ3n) is 5.67. The first-order chi connectivity index (χ1) is 10.3. The van der Waals surface area contributed by atoms with Gasteiger partial charge in [-0.1, -0.05) is 6.42 Å². The van der Waals surface area contributed by atoms with Gasteiger partial charge in [0.05, 0.1) is 11.4 Å². The third kappa shape index (κ3) is 1.75. The Labute approximate surface area is 125 Å². The van der Waals surface area contributed by atoms with E-state index in [0.29, 0.717) is 12.0 Å². The molecule has 3 aliphatic rings. The number of nitrogens with zero attached hydrogens (tertiary/aromatic N) is 3. The van der Waals surface area contributed by atoms with Crippen LogP contribution in [0.5, 0.6) is 0 Å². The minimum Gasteiger partial charge on any atom is -0.367 e. The van der Waals surface area contributed by atoms with Gasteiger partial charge in [-0.3, -0.25) is 0 Å². The van der Waals surface area contributed by atoms with E-state index < -0.39 is 0 Å². The van der Waals surface area contributed by atoms with E-state index in [1.165, 1.54) is 56.4 Å². The number of imidazole rings is 1. The molecule has 0 radical (unpaired) electrons. The van der Waals surface area contributed by atoms with Gasteiger partial charge in [0.1, 0.15) is 0 Å². The summed E-state index contributed by atoms with van der Waals surface area (Å²) in [5.74, 6) is 0.774. The van der Waals surface area contributed by atoms with Gasteiger partial charge in [0.15, 0.2) is 5.65 Å². The van der Waals surface area contributed by atoms with Crippen LogP contribution in [0.25, 0.3) is 5.65 Å². The molecule has 0 unspecified atom stereocenters. The van der Waals surface area contributed by atoms with Gasteiger partial charge in [-0.25, -0.2) is 4.98 Å². The number of hydrogen-bond donors (Lipinski definition) is 1. The molecule has 2 aliphatic carbocycles. The molecule has 3 heterocycles. The highest BCUT2D eigenvalue weighted by Crippen LogP contribution is 2.50. The zero-order valence-corrected chi connectivity index (χ0v) is 12.4. The normalized spacial score (nSPS) is 23.4. The molecule has 2 aromatic heterocycles. The largest absolute Gasteiger partial charge is 0.367 e. The highest BCUT2D eigenvalue weighted by atomic mass is 15.2. The van der Waals surface area contributed by atoms with E-state index in [1.54, 1.807) is 0 Å². The molecule has 110 valence electrons. The average Bonchev–Trinajstić information content (AvgIpc) is 3.15. The molecule has 0 aromatic carbocycles. The molecular weight excluding hydrogens is 260 g/mol. The molecule has 2 aromatic rings. The molecule has 1 spiro atoms. The van der Waals surface area contributed by atoms with Gasteiger partial charge in [-0.15, -0.1) is 0 Å². The Morgan fingerprint density at radius 1 is 1.24 bits per heavy atom. The monoisotopic (exact) mass is 282 g/mol. The van der Waals surface area contributed by atoms with Gasteiger partial charge < -0.3 is 15.0 Å². The van der Waals surface area contributed by atoms with Crippen LogP contribution in [0.2, 0.25) is 0 Å². The van der Waals surface area contributed by atoms with E-state index in [-0.39, 0.29) is 0 Å². The predicted molar refractivity (Wildman–Crippen MR) is 83.6 cm³/mol. The van der Waals surface area contributed by atoms with Crippen molar-refractivity contribution in [2.75, 3.05) is 18.0 Å². The lowest BCUT2D eigenvalue weighted by Crippen LogP contribution is -2.60. The van der Waals surface area contributed by atoms with Crippen molar-refractivity contribution in [2.45, 2.75) is 44.6 Å². The van der Waals surface area contributed by atoms with Gasteiger partial charge in [-0.05, 0) is 43.2 Å². The summed E-state index contributed by atoms with van der Waals surface area (Å²) < 4.78 is 2.21. The van der Waals surface area contributed by atoms with Gasteiger partial charge in [0.25, 0.3) is 0 Å². The number of aromatic nitrogens is 2. The Bertz CT molecular complexity index is 701. The molecule has 1 saturated heterocycles. The van der Waals surface area contributed by atoms with E-state index in [2.05, 4.69) is 27.8 Å². The number of fused-ring (bicyclic) bond motifs is 1. The molecule has 0 atom stereocenters. The van der Waals surface area contributed by atoms with Crippen LogP contribution < -0.4 is 10.6 Å². The first kappa shape index (κ1) is 12.0.